The smallest absolute Gasteiger partial charge is 0.224 e. The zero-order chi connectivity index (χ0) is 27.8. The Balaban J connectivity index is 1.74. The van der Waals surface area contributed by atoms with Gasteiger partial charge in [-0.15, -0.1) is 11.3 Å². The zero-order valence-corrected chi connectivity index (χ0v) is 24.4. The van der Waals surface area contributed by atoms with Crippen molar-refractivity contribution in [1.29, 1.82) is 0 Å². The van der Waals surface area contributed by atoms with E-state index in [0.29, 0.717) is 50.5 Å². The van der Waals surface area contributed by atoms with E-state index >= 15 is 0 Å². The number of hydrogen-bond donors (Lipinski definition) is 1. The van der Waals surface area contributed by atoms with Gasteiger partial charge in [0.1, 0.15) is 5.78 Å². The number of aromatic nitrogens is 1. The van der Waals surface area contributed by atoms with Crippen LogP contribution in [-0.4, -0.2) is 67.3 Å². The molecule has 0 aliphatic carbocycles. The largest absolute Gasteiger partial charge is 0.381 e. The molecule has 1 N–H and O–H groups in total. The predicted molar refractivity (Wildman–Crippen MR) is 154 cm³/mol. The first-order chi connectivity index (χ1) is 18.0. The van der Waals surface area contributed by atoms with E-state index in [-0.39, 0.29) is 35.9 Å². The van der Waals surface area contributed by atoms with Gasteiger partial charge in [0.2, 0.25) is 5.91 Å². The molecule has 1 amide bonds. The molecule has 3 rings (SSSR count). The van der Waals surface area contributed by atoms with Crippen molar-refractivity contribution in [2.24, 2.45) is 11.8 Å². The number of rotatable bonds is 14. The van der Waals surface area contributed by atoms with E-state index in [4.69, 9.17) is 9.72 Å². The monoisotopic (exact) mass is 541 g/mol. The second kappa shape index (κ2) is 14.1. The van der Waals surface area contributed by atoms with Crippen LogP contribution in [0.15, 0.2) is 30.4 Å². The maximum absolute atomic E-state index is 13.6. The van der Waals surface area contributed by atoms with Crippen LogP contribution in [0.4, 0.5) is 0 Å². The highest BCUT2D eigenvalue weighted by molar-refractivity contribution is 7.18. The average Bonchev–Trinajstić information content (AvgIpc) is 3.27. The molecule has 2 atom stereocenters. The number of ketones is 2. The Morgan fingerprint density at radius 3 is 2.55 bits per heavy atom. The van der Waals surface area contributed by atoms with Crippen molar-refractivity contribution < 1.29 is 19.1 Å². The lowest BCUT2D eigenvalue weighted by molar-refractivity contribution is -0.130. The minimum atomic E-state index is -0.501. The average molecular weight is 542 g/mol. The molecule has 0 saturated carbocycles. The molecule has 38 heavy (non-hydrogen) atoms. The topological polar surface area (TPSA) is 88.6 Å². The van der Waals surface area contributed by atoms with Crippen LogP contribution >= 0.6 is 11.3 Å². The molecule has 7 nitrogen and oxygen atoms in total. The van der Waals surface area contributed by atoms with E-state index in [1.54, 1.807) is 11.3 Å². The molecule has 2 aromatic rings. The van der Waals surface area contributed by atoms with Crippen LogP contribution in [0, 0.1) is 11.8 Å². The van der Waals surface area contributed by atoms with Gasteiger partial charge in [0.05, 0.1) is 21.1 Å². The molecule has 1 aliphatic rings. The van der Waals surface area contributed by atoms with Crippen molar-refractivity contribution in [3.8, 4) is 0 Å². The van der Waals surface area contributed by atoms with Gasteiger partial charge in [-0.25, -0.2) is 4.98 Å². The normalized spacial score (nSPS) is 16.1. The third-order valence-electron chi connectivity index (χ3n) is 7.20. The van der Waals surface area contributed by atoms with Gasteiger partial charge >= 0.3 is 0 Å². The second-order valence-corrected chi connectivity index (χ2v) is 12.3. The van der Waals surface area contributed by atoms with Gasteiger partial charge in [-0.2, -0.15) is 0 Å². The minimum Gasteiger partial charge on any atom is -0.381 e. The van der Waals surface area contributed by atoms with E-state index in [9.17, 15) is 14.4 Å². The minimum absolute atomic E-state index is 0.0221. The number of carbonyl (C=O) groups excluding carboxylic acids is 3. The maximum atomic E-state index is 13.6. The molecule has 2 heterocycles. The number of ether oxygens (including phenoxy) is 1. The summed E-state index contributed by atoms with van der Waals surface area (Å²) in [5.41, 5.74) is 2.76. The van der Waals surface area contributed by atoms with Crippen molar-refractivity contribution in [3.63, 3.8) is 0 Å². The number of fused-ring (bicyclic) bond motifs is 1. The lowest BCUT2D eigenvalue weighted by atomic mass is 9.87. The van der Waals surface area contributed by atoms with Crippen molar-refractivity contribution in [1.82, 2.24) is 15.2 Å². The first-order valence-electron chi connectivity index (χ1n) is 13.7. The fourth-order valence-corrected chi connectivity index (χ4v) is 6.12. The van der Waals surface area contributed by atoms with Crippen LogP contribution in [0.5, 0.6) is 0 Å². The Labute approximate surface area is 231 Å². The highest BCUT2D eigenvalue weighted by Gasteiger charge is 2.30. The van der Waals surface area contributed by atoms with Gasteiger partial charge in [-0.05, 0) is 69.8 Å². The fraction of sp³-hybridized carbons (Fsp3) is 0.600. The Hall–Kier alpha value is -2.42. The number of hydrogen-bond acceptors (Lipinski definition) is 7. The molecule has 0 radical (unpaired) electrons. The molecule has 1 aromatic heterocycles. The third kappa shape index (κ3) is 8.82. The molecule has 0 spiro atoms. The van der Waals surface area contributed by atoms with Crippen molar-refractivity contribution in [2.45, 2.75) is 71.3 Å². The zero-order valence-electron chi connectivity index (χ0n) is 23.5. The molecular formula is C30H43N3O4S. The molecule has 208 valence electrons. The van der Waals surface area contributed by atoms with Gasteiger partial charge in [-0.3, -0.25) is 9.59 Å². The highest BCUT2D eigenvalue weighted by atomic mass is 32.1. The summed E-state index contributed by atoms with van der Waals surface area (Å²) >= 11 is 1.59. The highest BCUT2D eigenvalue weighted by Crippen LogP contribution is 2.29. The number of nitrogens with one attached hydrogen (secondary N) is 1. The van der Waals surface area contributed by atoms with Crippen LogP contribution in [0.25, 0.3) is 10.2 Å². The molecular weight excluding hydrogens is 498 g/mol. The van der Waals surface area contributed by atoms with Crippen LogP contribution in [0.2, 0.25) is 0 Å². The second-order valence-electron chi connectivity index (χ2n) is 11.2. The number of thiazole rings is 1. The van der Waals surface area contributed by atoms with Crippen LogP contribution in [0.3, 0.4) is 0 Å². The van der Waals surface area contributed by atoms with E-state index in [2.05, 4.69) is 37.9 Å². The number of likely N-dealkylation sites (N-methyl/N-ethyl adjacent to an activating group) is 1. The van der Waals surface area contributed by atoms with E-state index < -0.39 is 5.92 Å². The van der Waals surface area contributed by atoms with Crippen LogP contribution in [0.1, 0.15) is 69.4 Å². The molecule has 0 bridgehead atoms. The lowest BCUT2D eigenvalue weighted by Gasteiger charge is -2.32. The molecule has 8 heteroatoms. The SMILES string of the molecule is C=C(CN(C)C)C(=O)CC[C@@H](NC(=O)[C@@H](CC(C)=O)Cc1nc2ccc(C(C)C)cc2s1)C1CCOCC1. The van der Waals surface area contributed by atoms with Gasteiger partial charge in [0.25, 0.3) is 0 Å². The Bertz CT molecular complexity index is 1130. The Kier molecular flexibility index (Phi) is 11.2. The number of amides is 1. The summed E-state index contributed by atoms with van der Waals surface area (Å²) in [5.74, 6) is 0.0252. The third-order valence-corrected chi connectivity index (χ3v) is 8.24. The van der Waals surface area contributed by atoms with E-state index in [0.717, 1.165) is 28.1 Å². The fourth-order valence-electron chi connectivity index (χ4n) is 5.03. The van der Waals surface area contributed by atoms with Gasteiger partial charge in [-0.1, -0.05) is 26.5 Å². The van der Waals surface area contributed by atoms with E-state index in [1.165, 1.54) is 12.5 Å². The summed E-state index contributed by atoms with van der Waals surface area (Å²) in [6, 6.07) is 6.15. The van der Waals surface area contributed by atoms with Crippen molar-refractivity contribution in [3.05, 3.63) is 40.9 Å². The summed E-state index contributed by atoms with van der Waals surface area (Å²) in [6.45, 7) is 11.6. The van der Waals surface area contributed by atoms with Gasteiger partial charge in [0.15, 0.2) is 5.78 Å². The first-order valence-corrected chi connectivity index (χ1v) is 14.5. The molecule has 1 aromatic carbocycles. The predicted octanol–water partition coefficient (Wildman–Crippen LogP) is 4.94. The van der Waals surface area contributed by atoms with Gasteiger partial charge < -0.3 is 19.7 Å². The first kappa shape index (κ1) is 30.1. The summed E-state index contributed by atoms with van der Waals surface area (Å²) in [6.07, 6.45) is 3.14. The number of benzene rings is 1. The molecule has 0 unspecified atom stereocenters. The van der Waals surface area contributed by atoms with Crippen molar-refractivity contribution in [2.75, 3.05) is 33.9 Å². The quantitative estimate of drug-likeness (QED) is 0.341. The summed E-state index contributed by atoms with van der Waals surface area (Å²) in [5, 5.41) is 4.10. The molecule has 1 saturated heterocycles. The summed E-state index contributed by atoms with van der Waals surface area (Å²) < 4.78 is 6.64. The lowest BCUT2D eigenvalue weighted by Crippen LogP contribution is -2.45. The maximum Gasteiger partial charge on any atom is 0.224 e. The number of Topliss-reactive ketones (excluding diaryl/α,β-unsaturated/α-hetero) is 2. The standard InChI is InChI=1S/C30H43N3O4S/c1-19(2)23-7-8-26-28(16-23)38-29(31-26)17-24(15-21(4)34)30(36)32-25(22-11-13-37-14-12-22)9-10-27(35)20(3)18-33(5)6/h7-8,16,19,22,24-25H,3,9-15,17-18H2,1-2,4-6H3,(H,32,36)/t24-,25+/m0/s1. The Morgan fingerprint density at radius 1 is 1.21 bits per heavy atom. The Morgan fingerprint density at radius 2 is 1.92 bits per heavy atom. The molecule has 1 aliphatic heterocycles. The summed E-state index contributed by atoms with van der Waals surface area (Å²) in [4.78, 5) is 45.1. The van der Waals surface area contributed by atoms with Crippen molar-refractivity contribution >= 4 is 39.0 Å². The summed E-state index contributed by atoms with van der Waals surface area (Å²) in [7, 11) is 3.82. The van der Waals surface area contributed by atoms with Gasteiger partial charge in [0, 0.05) is 50.6 Å². The van der Waals surface area contributed by atoms with Crippen LogP contribution in [-0.2, 0) is 25.5 Å². The van der Waals surface area contributed by atoms with E-state index in [1.807, 2.05) is 25.1 Å². The van der Waals surface area contributed by atoms with Crippen LogP contribution < -0.4 is 5.32 Å². The molecule has 1 fully saturated rings. The number of carbonyl (C=O) groups is 3. The number of nitrogens with zero attached hydrogens (tertiary/aromatic N) is 2.